The Labute approximate surface area is 103 Å². The Morgan fingerprint density at radius 3 is 2.39 bits per heavy atom. The molecule has 0 bridgehead atoms. The van der Waals surface area contributed by atoms with Crippen LogP contribution in [0.1, 0.15) is 27.1 Å². The maximum Gasteiger partial charge on any atom is 0.307 e. The summed E-state index contributed by atoms with van der Waals surface area (Å²) in [5.74, 6) is -0.449. The quantitative estimate of drug-likeness (QED) is 0.510. The Hall–Kier alpha value is -2.58. The van der Waals surface area contributed by atoms with Crippen LogP contribution in [0, 0.1) is 0 Å². The van der Waals surface area contributed by atoms with Crippen molar-refractivity contribution in [3.63, 3.8) is 0 Å². The topological polar surface area (TPSA) is 70.5 Å². The van der Waals surface area contributed by atoms with Gasteiger partial charge in [-0.2, -0.15) is 4.79 Å². The van der Waals surface area contributed by atoms with E-state index in [4.69, 9.17) is 5.53 Å². The molecule has 0 saturated carbocycles. The zero-order valence-electron chi connectivity index (χ0n) is 9.38. The minimum Gasteiger partial charge on any atom is -0.361 e. The van der Waals surface area contributed by atoms with E-state index in [1.165, 1.54) is 0 Å². The van der Waals surface area contributed by atoms with Gasteiger partial charge < -0.3 is 5.53 Å². The molecule has 2 aliphatic carbocycles. The number of carbonyl (C=O) groups is 2. The summed E-state index contributed by atoms with van der Waals surface area (Å²) in [5.41, 5.74) is 10.5. The molecule has 4 heteroatoms. The molecule has 0 heterocycles. The Morgan fingerprint density at radius 1 is 1.06 bits per heavy atom. The predicted octanol–water partition coefficient (Wildman–Crippen LogP) is 1.99. The van der Waals surface area contributed by atoms with Crippen LogP contribution in [0.3, 0.4) is 0 Å². The second kappa shape index (κ2) is 3.72. The van der Waals surface area contributed by atoms with Crippen LogP contribution in [0.15, 0.2) is 47.6 Å². The molecular formula is C14H8N2O2. The Morgan fingerprint density at radius 2 is 1.72 bits per heavy atom. The van der Waals surface area contributed by atoms with E-state index in [9.17, 15) is 9.59 Å². The van der Waals surface area contributed by atoms with Crippen molar-refractivity contribution in [2.75, 3.05) is 0 Å². The van der Waals surface area contributed by atoms with E-state index in [0.29, 0.717) is 23.1 Å². The van der Waals surface area contributed by atoms with Crippen molar-refractivity contribution in [1.29, 1.82) is 0 Å². The Balaban J connectivity index is 2.33. The maximum atomic E-state index is 12.3. The highest BCUT2D eigenvalue weighted by Gasteiger charge is 2.37. The molecular weight excluding hydrogens is 228 g/mol. The van der Waals surface area contributed by atoms with Crippen LogP contribution in [0.25, 0.3) is 5.53 Å². The fraction of sp³-hybridized carbons (Fsp3) is 0.0714. The van der Waals surface area contributed by atoms with Crippen LogP contribution in [-0.4, -0.2) is 22.1 Å². The zero-order valence-corrected chi connectivity index (χ0v) is 9.38. The van der Waals surface area contributed by atoms with Gasteiger partial charge in [-0.15, -0.1) is 0 Å². The molecule has 0 radical (unpaired) electrons. The first-order valence-corrected chi connectivity index (χ1v) is 5.54. The van der Waals surface area contributed by atoms with Crippen LogP contribution >= 0.6 is 0 Å². The third-order valence-corrected chi connectivity index (χ3v) is 3.16. The van der Waals surface area contributed by atoms with Crippen molar-refractivity contribution in [2.45, 2.75) is 6.42 Å². The first-order chi connectivity index (χ1) is 8.74. The zero-order chi connectivity index (χ0) is 12.7. The van der Waals surface area contributed by atoms with Crippen LogP contribution in [-0.2, 0) is 0 Å². The molecule has 18 heavy (non-hydrogen) atoms. The highest BCUT2D eigenvalue weighted by Crippen LogP contribution is 2.30. The lowest BCUT2D eigenvalue weighted by atomic mass is 9.79. The highest BCUT2D eigenvalue weighted by atomic mass is 16.1. The molecule has 1 aromatic carbocycles. The number of allylic oxidation sites excluding steroid dienone is 4. The van der Waals surface area contributed by atoms with Gasteiger partial charge in [0, 0.05) is 16.7 Å². The average Bonchev–Trinajstić information content (AvgIpc) is 2.44. The van der Waals surface area contributed by atoms with Crippen LogP contribution in [0.5, 0.6) is 0 Å². The Bertz CT molecular complexity index is 704. The lowest BCUT2D eigenvalue weighted by molar-refractivity contribution is -0.00647. The summed E-state index contributed by atoms with van der Waals surface area (Å²) in [7, 11) is 0. The van der Waals surface area contributed by atoms with E-state index < -0.39 is 0 Å². The number of nitrogens with zero attached hydrogens (tertiary/aromatic N) is 2. The van der Waals surface area contributed by atoms with E-state index in [1.54, 1.807) is 36.4 Å². The fourth-order valence-corrected chi connectivity index (χ4v) is 2.32. The number of Topliss-reactive ketones (excluding diaryl/α,β-unsaturated/α-hetero) is 2. The minimum atomic E-state index is -0.252. The van der Waals surface area contributed by atoms with E-state index in [0.717, 1.165) is 0 Å². The van der Waals surface area contributed by atoms with Crippen molar-refractivity contribution >= 4 is 17.3 Å². The van der Waals surface area contributed by atoms with Gasteiger partial charge in [0.1, 0.15) is 5.57 Å². The smallest absolute Gasteiger partial charge is 0.307 e. The minimum absolute atomic E-state index is 0.197. The third-order valence-electron chi connectivity index (χ3n) is 3.16. The van der Waals surface area contributed by atoms with Gasteiger partial charge in [-0.05, 0) is 0 Å². The molecule has 3 rings (SSSR count). The number of rotatable bonds is 0. The monoisotopic (exact) mass is 236 g/mol. The van der Waals surface area contributed by atoms with Gasteiger partial charge >= 0.3 is 5.71 Å². The molecule has 0 saturated heterocycles. The summed E-state index contributed by atoms with van der Waals surface area (Å²) in [5, 5.41) is 0. The average molecular weight is 236 g/mol. The molecule has 2 aliphatic rings. The highest BCUT2D eigenvalue weighted by molar-refractivity contribution is 6.38. The predicted molar refractivity (Wildman–Crippen MR) is 64.5 cm³/mol. The summed E-state index contributed by atoms with van der Waals surface area (Å²) >= 11 is 0. The number of ketones is 2. The van der Waals surface area contributed by atoms with Crippen molar-refractivity contribution in [3.8, 4) is 0 Å². The molecule has 4 nitrogen and oxygen atoms in total. The number of benzene rings is 1. The van der Waals surface area contributed by atoms with Crippen LogP contribution < -0.4 is 0 Å². The van der Waals surface area contributed by atoms with Crippen molar-refractivity contribution in [2.24, 2.45) is 0 Å². The second-order valence-corrected chi connectivity index (χ2v) is 4.15. The lowest BCUT2D eigenvalue weighted by Gasteiger charge is -2.18. The summed E-state index contributed by atoms with van der Waals surface area (Å²) in [4.78, 5) is 27.7. The molecule has 0 aromatic heterocycles. The number of fused-ring (bicyclic) bond motifs is 1. The number of carbonyl (C=O) groups excluding carboxylic acids is 2. The van der Waals surface area contributed by atoms with Gasteiger partial charge in [-0.1, -0.05) is 36.4 Å². The first kappa shape index (κ1) is 10.6. The molecule has 0 atom stereocenters. The van der Waals surface area contributed by atoms with Crippen LogP contribution in [0.2, 0.25) is 0 Å². The van der Waals surface area contributed by atoms with Crippen molar-refractivity contribution in [3.05, 3.63) is 64.2 Å². The molecule has 0 amide bonds. The SMILES string of the molecule is [N-]=[N+]=C1CC=CC2=C1C(=O)c1ccccc1C2=O. The van der Waals surface area contributed by atoms with Crippen molar-refractivity contribution in [1.82, 2.24) is 0 Å². The van der Waals surface area contributed by atoms with Gasteiger partial charge in [-0.3, -0.25) is 9.59 Å². The fourth-order valence-electron chi connectivity index (χ4n) is 2.32. The summed E-state index contributed by atoms with van der Waals surface area (Å²) in [6.45, 7) is 0. The molecule has 0 spiro atoms. The van der Waals surface area contributed by atoms with Gasteiger partial charge in [0.25, 0.3) is 0 Å². The second-order valence-electron chi connectivity index (χ2n) is 4.15. The van der Waals surface area contributed by atoms with Crippen molar-refractivity contribution < 1.29 is 14.4 Å². The molecule has 0 unspecified atom stereocenters. The standard InChI is InChI=1S/C14H8N2O2/c15-16-11-7-3-6-10-12(11)14(18)9-5-2-1-4-8(9)13(10)17/h1-6H,7H2. The van der Waals surface area contributed by atoms with E-state index >= 15 is 0 Å². The van der Waals surface area contributed by atoms with Gasteiger partial charge in [-0.25, -0.2) is 0 Å². The van der Waals surface area contributed by atoms with E-state index in [2.05, 4.69) is 4.79 Å². The molecule has 86 valence electrons. The van der Waals surface area contributed by atoms with Gasteiger partial charge in [0.2, 0.25) is 5.78 Å². The summed E-state index contributed by atoms with van der Waals surface area (Å²) in [6, 6.07) is 6.69. The number of hydrogen-bond acceptors (Lipinski definition) is 2. The van der Waals surface area contributed by atoms with E-state index in [1.807, 2.05) is 0 Å². The lowest BCUT2D eigenvalue weighted by Crippen LogP contribution is -2.27. The maximum absolute atomic E-state index is 12.3. The largest absolute Gasteiger partial charge is 0.361 e. The number of hydrogen-bond donors (Lipinski definition) is 0. The summed E-state index contributed by atoms with van der Waals surface area (Å²) in [6.07, 6.45) is 3.70. The summed E-state index contributed by atoms with van der Waals surface area (Å²) < 4.78 is 0. The molecule has 0 aliphatic heterocycles. The molecule has 0 fully saturated rings. The first-order valence-electron chi connectivity index (χ1n) is 5.54. The molecule has 1 aromatic rings. The normalized spacial score (nSPS) is 17.4. The van der Waals surface area contributed by atoms with E-state index in [-0.39, 0.29) is 22.9 Å². The molecule has 0 N–H and O–H groups in total. The van der Waals surface area contributed by atoms with Crippen LogP contribution in [0.4, 0.5) is 0 Å². The van der Waals surface area contributed by atoms with Gasteiger partial charge in [0.15, 0.2) is 5.78 Å². The third kappa shape index (κ3) is 1.27. The van der Waals surface area contributed by atoms with Gasteiger partial charge in [0.05, 0.1) is 6.42 Å². The Kier molecular flexibility index (Phi) is 2.18.